The zero-order chi connectivity index (χ0) is 17.4. The van der Waals surface area contributed by atoms with Crippen LogP contribution in [-0.2, 0) is 27.8 Å². The van der Waals surface area contributed by atoms with E-state index in [2.05, 4.69) is 0 Å². The first-order chi connectivity index (χ1) is 11.2. The summed E-state index contributed by atoms with van der Waals surface area (Å²) in [5.74, 6) is -0.219. The van der Waals surface area contributed by atoms with Crippen molar-refractivity contribution in [1.29, 1.82) is 0 Å². The van der Waals surface area contributed by atoms with Gasteiger partial charge in [-0.15, -0.1) is 0 Å². The highest BCUT2D eigenvalue weighted by atomic mass is 16.6. The lowest BCUT2D eigenvalue weighted by molar-refractivity contribution is -0.160. The lowest BCUT2D eigenvalue weighted by atomic mass is 9.48. The normalized spacial score (nSPS) is 43.1. The van der Waals surface area contributed by atoms with Crippen LogP contribution in [0.15, 0.2) is 15.3 Å². The third kappa shape index (κ3) is 1.63. The Balaban J connectivity index is 2.02. The van der Waals surface area contributed by atoms with E-state index in [1.807, 2.05) is 13.8 Å². The average molecular weight is 334 g/mol. The van der Waals surface area contributed by atoms with Gasteiger partial charge in [0.25, 0.3) is 0 Å². The van der Waals surface area contributed by atoms with Crippen molar-refractivity contribution in [3.05, 3.63) is 33.4 Å². The molecular formula is C18H22O6. The number of aryl methyl sites for hydroxylation is 1. The first-order valence-electron chi connectivity index (χ1n) is 8.48. The van der Waals surface area contributed by atoms with Crippen molar-refractivity contribution in [2.45, 2.75) is 63.8 Å². The molecule has 2 heterocycles. The van der Waals surface area contributed by atoms with Gasteiger partial charge in [-0.2, -0.15) is 0 Å². The molecule has 0 bridgehead atoms. The van der Waals surface area contributed by atoms with E-state index in [4.69, 9.17) is 9.15 Å². The smallest absolute Gasteiger partial charge is 0.336 e. The Morgan fingerprint density at radius 3 is 2.54 bits per heavy atom. The van der Waals surface area contributed by atoms with Crippen LogP contribution in [0.3, 0.4) is 0 Å². The SMILES string of the molecule is CCc1oc(=O)cc2c1CC1OC(=O)C3(C)C(O)CC(O)C2(C)C13. The van der Waals surface area contributed by atoms with Crippen molar-refractivity contribution in [1.82, 2.24) is 0 Å². The Bertz CT molecular complexity index is 782. The fourth-order valence-corrected chi connectivity index (χ4v) is 5.37. The molecule has 6 atom stereocenters. The molecule has 1 aromatic heterocycles. The molecule has 0 radical (unpaired) electrons. The molecule has 2 fully saturated rings. The van der Waals surface area contributed by atoms with Crippen LogP contribution in [0.2, 0.25) is 0 Å². The lowest BCUT2D eigenvalue weighted by Crippen LogP contribution is -2.63. The topological polar surface area (TPSA) is 97.0 Å². The zero-order valence-electron chi connectivity index (χ0n) is 14.0. The van der Waals surface area contributed by atoms with Crippen molar-refractivity contribution in [2.75, 3.05) is 0 Å². The molecule has 3 aliphatic rings. The van der Waals surface area contributed by atoms with E-state index in [0.717, 1.165) is 11.1 Å². The van der Waals surface area contributed by atoms with Gasteiger partial charge >= 0.3 is 11.6 Å². The van der Waals surface area contributed by atoms with Gasteiger partial charge in [0.15, 0.2) is 0 Å². The van der Waals surface area contributed by atoms with Crippen LogP contribution < -0.4 is 5.63 Å². The molecule has 1 saturated carbocycles. The summed E-state index contributed by atoms with van der Waals surface area (Å²) in [5, 5.41) is 21.4. The van der Waals surface area contributed by atoms with E-state index in [9.17, 15) is 19.8 Å². The minimum absolute atomic E-state index is 0.0758. The molecule has 2 N–H and O–H groups in total. The van der Waals surface area contributed by atoms with Gasteiger partial charge in [-0.05, 0) is 18.1 Å². The van der Waals surface area contributed by atoms with Crippen molar-refractivity contribution in [3.8, 4) is 0 Å². The number of aliphatic hydroxyl groups is 2. The standard InChI is InChI=1S/C18H22O6/c1-4-10-8-5-11-15-17(2,9(8)6-14(21)23-10)12(19)7-13(20)18(15,3)16(22)24-11/h6,11-13,15,19-20H,4-5,7H2,1-3H3. The molecule has 6 unspecified atom stereocenters. The first kappa shape index (κ1) is 15.8. The van der Waals surface area contributed by atoms with Gasteiger partial charge in [-0.25, -0.2) is 4.79 Å². The second-order valence-electron chi connectivity index (χ2n) is 7.69. The molecule has 0 amide bonds. The lowest BCUT2D eigenvalue weighted by Gasteiger charge is -2.55. The van der Waals surface area contributed by atoms with Gasteiger partial charge in [0.1, 0.15) is 11.9 Å². The number of hydrogen-bond donors (Lipinski definition) is 2. The molecule has 1 aliphatic heterocycles. The largest absolute Gasteiger partial charge is 0.461 e. The molecule has 6 heteroatoms. The summed E-state index contributed by atoms with van der Waals surface area (Å²) in [6.45, 7) is 5.49. The summed E-state index contributed by atoms with van der Waals surface area (Å²) in [4.78, 5) is 24.6. The van der Waals surface area contributed by atoms with Crippen LogP contribution in [0.1, 0.15) is 44.1 Å². The monoisotopic (exact) mass is 334 g/mol. The summed E-state index contributed by atoms with van der Waals surface area (Å²) in [7, 11) is 0. The number of ether oxygens (including phenoxy) is 1. The number of aliphatic hydroxyl groups excluding tert-OH is 2. The maximum Gasteiger partial charge on any atom is 0.336 e. The highest BCUT2D eigenvalue weighted by Crippen LogP contribution is 2.61. The number of carbonyl (C=O) groups is 1. The highest BCUT2D eigenvalue weighted by Gasteiger charge is 2.70. The Kier molecular flexibility index (Phi) is 3.10. The molecule has 4 rings (SSSR count). The molecule has 0 spiro atoms. The van der Waals surface area contributed by atoms with E-state index >= 15 is 0 Å². The van der Waals surface area contributed by atoms with E-state index in [1.165, 1.54) is 6.07 Å². The molecule has 1 saturated heterocycles. The molecule has 6 nitrogen and oxygen atoms in total. The van der Waals surface area contributed by atoms with Gasteiger partial charge in [0.2, 0.25) is 0 Å². The predicted octanol–water partition coefficient (Wildman–Crippen LogP) is 0.689. The van der Waals surface area contributed by atoms with E-state index < -0.39 is 40.7 Å². The minimum atomic E-state index is -1.07. The minimum Gasteiger partial charge on any atom is -0.461 e. The van der Waals surface area contributed by atoms with Gasteiger partial charge < -0.3 is 19.4 Å². The van der Waals surface area contributed by atoms with E-state index in [0.29, 0.717) is 18.6 Å². The van der Waals surface area contributed by atoms with Crippen molar-refractivity contribution in [3.63, 3.8) is 0 Å². The van der Waals surface area contributed by atoms with Crippen molar-refractivity contribution in [2.24, 2.45) is 11.3 Å². The summed E-state index contributed by atoms with van der Waals surface area (Å²) in [6, 6.07) is 1.44. The predicted molar refractivity (Wildman–Crippen MR) is 83.5 cm³/mol. The maximum absolute atomic E-state index is 12.6. The van der Waals surface area contributed by atoms with E-state index in [-0.39, 0.29) is 12.3 Å². The molecule has 0 aromatic carbocycles. The van der Waals surface area contributed by atoms with Gasteiger partial charge in [-0.1, -0.05) is 13.8 Å². The number of rotatable bonds is 1. The molecular weight excluding hydrogens is 312 g/mol. The quantitative estimate of drug-likeness (QED) is 0.734. The number of fused-ring (bicyclic) bond motifs is 2. The third-order valence-corrected chi connectivity index (χ3v) is 6.65. The average Bonchev–Trinajstić information content (AvgIpc) is 2.79. The fourth-order valence-electron chi connectivity index (χ4n) is 5.37. The molecule has 24 heavy (non-hydrogen) atoms. The van der Waals surface area contributed by atoms with Crippen molar-refractivity contribution < 1.29 is 24.2 Å². The number of carbonyl (C=O) groups excluding carboxylic acids is 1. The van der Waals surface area contributed by atoms with Crippen LogP contribution in [0.25, 0.3) is 0 Å². The second-order valence-corrected chi connectivity index (χ2v) is 7.69. The summed E-state index contributed by atoms with van der Waals surface area (Å²) < 4.78 is 11.0. The molecule has 2 aliphatic carbocycles. The zero-order valence-corrected chi connectivity index (χ0v) is 14.0. The molecule has 130 valence electrons. The Morgan fingerprint density at radius 2 is 1.88 bits per heavy atom. The summed E-state index contributed by atoms with van der Waals surface area (Å²) in [5.41, 5.74) is -0.763. The molecule has 1 aromatic rings. The second kappa shape index (κ2) is 4.70. The van der Waals surface area contributed by atoms with Crippen LogP contribution in [0.4, 0.5) is 0 Å². The Labute approximate surface area is 139 Å². The van der Waals surface area contributed by atoms with E-state index in [1.54, 1.807) is 6.92 Å². The summed E-state index contributed by atoms with van der Waals surface area (Å²) >= 11 is 0. The van der Waals surface area contributed by atoms with Gasteiger partial charge in [0, 0.05) is 36.7 Å². The highest BCUT2D eigenvalue weighted by molar-refractivity contribution is 5.81. The van der Waals surface area contributed by atoms with Crippen LogP contribution in [-0.4, -0.2) is 34.5 Å². The Morgan fingerprint density at radius 1 is 1.21 bits per heavy atom. The Hall–Kier alpha value is -1.66. The number of hydrogen-bond acceptors (Lipinski definition) is 6. The van der Waals surface area contributed by atoms with Gasteiger partial charge in [0.05, 0.1) is 17.6 Å². The van der Waals surface area contributed by atoms with Crippen LogP contribution in [0.5, 0.6) is 0 Å². The van der Waals surface area contributed by atoms with Crippen LogP contribution in [0, 0.1) is 11.3 Å². The fraction of sp³-hybridized carbons (Fsp3) is 0.667. The first-order valence-corrected chi connectivity index (χ1v) is 8.48. The van der Waals surface area contributed by atoms with Crippen molar-refractivity contribution >= 4 is 5.97 Å². The third-order valence-electron chi connectivity index (χ3n) is 6.65. The summed E-state index contributed by atoms with van der Waals surface area (Å²) in [6.07, 6.45) is -1.18. The van der Waals surface area contributed by atoms with Gasteiger partial charge in [-0.3, -0.25) is 4.79 Å². The number of esters is 1. The van der Waals surface area contributed by atoms with Crippen LogP contribution >= 0.6 is 0 Å². The maximum atomic E-state index is 12.6.